The molecule has 1 saturated heterocycles. The molecule has 6 heteroatoms. The number of nitro groups is 1. The molecule has 1 fully saturated rings. The molecule has 1 aromatic rings. The van der Waals surface area contributed by atoms with Crippen LogP contribution in [0, 0.1) is 10.1 Å². The minimum absolute atomic E-state index is 0.218. The summed E-state index contributed by atoms with van der Waals surface area (Å²) in [6, 6.07) is 8.53. The lowest BCUT2D eigenvalue weighted by molar-refractivity contribution is -0.486. The van der Waals surface area contributed by atoms with Gasteiger partial charge in [0.1, 0.15) is 5.10 Å². The Balaban J connectivity index is 1.97. The summed E-state index contributed by atoms with van der Waals surface area (Å²) in [6.45, 7) is 1.50. The molecule has 94 valence electrons. The SMILES string of the molecule is O=[N+]([O-])/N=C1/NCCC2c3ccccc3CCN12. The number of hydrogen-bond donors (Lipinski definition) is 1. The van der Waals surface area contributed by atoms with Gasteiger partial charge in [0.2, 0.25) is 0 Å². The maximum Gasteiger partial charge on any atom is 0.271 e. The van der Waals surface area contributed by atoms with E-state index < -0.39 is 5.03 Å². The second kappa shape index (κ2) is 4.29. The lowest BCUT2D eigenvalue weighted by atomic mass is 9.90. The fraction of sp³-hybridized carbons (Fsp3) is 0.417. The zero-order valence-electron chi connectivity index (χ0n) is 9.87. The predicted molar refractivity (Wildman–Crippen MR) is 66.6 cm³/mol. The largest absolute Gasteiger partial charge is 0.351 e. The Bertz CT molecular complexity index is 515. The van der Waals surface area contributed by atoms with Crippen molar-refractivity contribution in [3.63, 3.8) is 0 Å². The van der Waals surface area contributed by atoms with E-state index in [1.54, 1.807) is 0 Å². The van der Waals surface area contributed by atoms with Gasteiger partial charge in [-0.25, -0.2) is 10.1 Å². The van der Waals surface area contributed by atoms with Crippen molar-refractivity contribution < 1.29 is 5.03 Å². The molecule has 0 aliphatic carbocycles. The van der Waals surface area contributed by atoms with Crippen LogP contribution >= 0.6 is 0 Å². The van der Waals surface area contributed by atoms with Gasteiger partial charge in [-0.15, -0.1) is 0 Å². The Morgan fingerprint density at radius 3 is 3.11 bits per heavy atom. The summed E-state index contributed by atoms with van der Waals surface area (Å²) < 4.78 is 0. The van der Waals surface area contributed by atoms with Gasteiger partial charge in [-0.3, -0.25) is 0 Å². The van der Waals surface area contributed by atoms with Crippen molar-refractivity contribution in [2.75, 3.05) is 13.1 Å². The van der Waals surface area contributed by atoms with E-state index in [0.717, 1.165) is 25.9 Å². The van der Waals surface area contributed by atoms with Gasteiger partial charge in [0.15, 0.2) is 5.03 Å². The summed E-state index contributed by atoms with van der Waals surface area (Å²) in [4.78, 5) is 12.5. The second-order valence-corrected chi connectivity index (χ2v) is 4.53. The molecule has 2 aliphatic heterocycles. The molecule has 0 bridgehead atoms. The van der Waals surface area contributed by atoms with Crippen LogP contribution in [0.15, 0.2) is 29.4 Å². The smallest absolute Gasteiger partial charge is 0.271 e. The van der Waals surface area contributed by atoms with Gasteiger partial charge in [0, 0.05) is 13.1 Å². The maximum atomic E-state index is 10.5. The van der Waals surface area contributed by atoms with Crippen LogP contribution in [0.4, 0.5) is 0 Å². The van der Waals surface area contributed by atoms with Crippen LogP contribution in [0.3, 0.4) is 0 Å². The van der Waals surface area contributed by atoms with Crippen molar-refractivity contribution in [1.29, 1.82) is 0 Å². The summed E-state index contributed by atoms with van der Waals surface area (Å²) in [6.07, 6.45) is 1.86. The lowest BCUT2D eigenvalue weighted by Crippen LogP contribution is -2.52. The first kappa shape index (κ1) is 11.0. The minimum Gasteiger partial charge on any atom is -0.351 e. The predicted octanol–water partition coefficient (Wildman–Crippen LogP) is 1.13. The third kappa shape index (κ3) is 1.79. The average molecular weight is 246 g/mol. The Morgan fingerprint density at radius 2 is 2.28 bits per heavy atom. The summed E-state index contributed by atoms with van der Waals surface area (Å²) >= 11 is 0. The first-order valence-electron chi connectivity index (χ1n) is 6.07. The van der Waals surface area contributed by atoms with Crippen molar-refractivity contribution in [2.45, 2.75) is 18.9 Å². The highest BCUT2D eigenvalue weighted by Gasteiger charge is 2.33. The van der Waals surface area contributed by atoms with E-state index in [2.05, 4.69) is 22.6 Å². The Morgan fingerprint density at radius 1 is 1.44 bits per heavy atom. The third-order valence-corrected chi connectivity index (χ3v) is 3.56. The molecule has 1 aromatic carbocycles. The highest BCUT2D eigenvalue weighted by Crippen LogP contribution is 2.33. The van der Waals surface area contributed by atoms with E-state index in [9.17, 15) is 10.1 Å². The third-order valence-electron chi connectivity index (χ3n) is 3.56. The van der Waals surface area contributed by atoms with Crippen molar-refractivity contribution >= 4 is 5.96 Å². The summed E-state index contributed by atoms with van der Waals surface area (Å²) in [5.74, 6) is 0.394. The molecule has 0 amide bonds. The van der Waals surface area contributed by atoms with Crippen molar-refractivity contribution in [3.8, 4) is 0 Å². The number of nitrogens with zero attached hydrogens (tertiary/aromatic N) is 3. The standard InChI is InChI=1S/C12H14N4O2/c17-16(18)14-12-13-7-5-11-10-4-2-1-3-9(10)6-8-15(11)12/h1-4,11H,5-8H2,(H,13,14). The van der Waals surface area contributed by atoms with Crippen LogP contribution in [0.5, 0.6) is 0 Å². The summed E-state index contributed by atoms with van der Waals surface area (Å²) in [7, 11) is 0. The second-order valence-electron chi connectivity index (χ2n) is 4.53. The van der Waals surface area contributed by atoms with E-state index in [4.69, 9.17) is 0 Å². The molecule has 1 unspecified atom stereocenters. The van der Waals surface area contributed by atoms with Crippen molar-refractivity contribution in [1.82, 2.24) is 10.2 Å². The number of benzene rings is 1. The first-order chi connectivity index (χ1) is 8.75. The molecule has 3 rings (SSSR count). The number of rotatable bonds is 1. The number of hydrogen-bond acceptors (Lipinski definition) is 2. The van der Waals surface area contributed by atoms with Crippen molar-refractivity contribution in [3.05, 3.63) is 45.5 Å². The summed E-state index contributed by atoms with van der Waals surface area (Å²) in [5.41, 5.74) is 2.63. The molecule has 1 N–H and O–H groups in total. The molecule has 0 saturated carbocycles. The Kier molecular flexibility index (Phi) is 2.62. The number of nitrogens with one attached hydrogen (secondary N) is 1. The van der Waals surface area contributed by atoms with Gasteiger partial charge in [-0.1, -0.05) is 24.3 Å². The van der Waals surface area contributed by atoms with E-state index in [0.29, 0.717) is 5.96 Å². The Labute approximate surface area is 104 Å². The summed E-state index contributed by atoms with van der Waals surface area (Å²) in [5, 5.41) is 16.4. The van der Waals surface area contributed by atoms with Crippen LogP contribution in [-0.2, 0) is 6.42 Å². The van der Waals surface area contributed by atoms with Crippen LogP contribution < -0.4 is 5.32 Å². The van der Waals surface area contributed by atoms with Gasteiger partial charge >= 0.3 is 0 Å². The van der Waals surface area contributed by atoms with Gasteiger partial charge in [0.05, 0.1) is 6.04 Å². The number of hydrazone groups is 1. The average Bonchev–Trinajstić information content (AvgIpc) is 2.38. The monoisotopic (exact) mass is 246 g/mol. The zero-order valence-corrected chi connectivity index (χ0v) is 9.87. The maximum absolute atomic E-state index is 10.5. The molecule has 1 atom stereocenters. The normalized spacial score (nSPS) is 24.1. The van der Waals surface area contributed by atoms with Crippen LogP contribution in [0.25, 0.3) is 0 Å². The van der Waals surface area contributed by atoms with Crippen LogP contribution in [-0.4, -0.2) is 29.0 Å². The fourth-order valence-electron chi connectivity index (χ4n) is 2.81. The topological polar surface area (TPSA) is 70.8 Å². The van der Waals surface area contributed by atoms with Gasteiger partial charge in [-0.2, -0.15) is 0 Å². The highest BCUT2D eigenvalue weighted by atomic mass is 16.7. The van der Waals surface area contributed by atoms with Gasteiger partial charge < -0.3 is 10.2 Å². The van der Waals surface area contributed by atoms with Crippen molar-refractivity contribution in [2.24, 2.45) is 5.10 Å². The molecular weight excluding hydrogens is 232 g/mol. The van der Waals surface area contributed by atoms with E-state index in [1.807, 2.05) is 17.0 Å². The molecule has 6 nitrogen and oxygen atoms in total. The zero-order chi connectivity index (χ0) is 12.5. The fourth-order valence-corrected chi connectivity index (χ4v) is 2.81. The Hall–Kier alpha value is -2.11. The first-order valence-corrected chi connectivity index (χ1v) is 6.07. The van der Waals surface area contributed by atoms with Gasteiger partial charge in [0.25, 0.3) is 5.96 Å². The van der Waals surface area contributed by atoms with E-state index in [-0.39, 0.29) is 6.04 Å². The van der Waals surface area contributed by atoms with Crippen LogP contribution in [0.2, 0.25) is 0 Å². The molecule has 2 aliphatic rings. The lowest BCUT2D eigenvalue weighted by Gasteiger charge is -2.41. The highest BCUT2D eigenvalue weighted by molar-refractivity contribution is 5.81. The molecular formula is C12H14N4O2. The molecule has 0 radical (unpaired) electrons. The van der Waals surface area contributed by atoms with Gasteiger partial charge in [-0.05, 0) is 24.0 Å². The van der Waals surface area contributed by atoms with E-state index in [1.165, 1.54) is 11.1 Å². The van der Waals surface area contributed by atoms with Crippen LogP contribution in [0.1, 0.15) is 23.6 Å². The number of fused-ring (bicyclic) bond motifs is 3. The minimum atomic E-state index is -0.634. The molecule has 0 aromatic heterocycles. The molecule has 0 spiro atoms. The molecule has 18 heavy (non-hydrogen) atoms. The number of guanidine groups is 1. The van der Waals surface area contributed by atoms with E-state index >= 15 is 0 Å². The quantitative estimate of drug-likeness (QED) is 0.595. The molecule has 2 heterocycles.